The second-order valence-electron chi connectivity index (χ2n) is 6.12. The maximum Gasteiger partial charge on any atom is 0.251 e. The number of nitrogens with two attached hydrogens (primary N) is 1. The number of sulfonamides is 1. The maximum atomic E-state index is 12.4. The van der Waals surface area contributed by atoms with E-state index in [0.29, 0.717) is 24.3 Å². The Bertz CT molecular complexity index is 1050. The molecule has 0 aliphatic heterocycles. The van der Waals surface area contributed by atoms with Crippen molar-refractivity contribution in [3.63, 3.8) is 0 Å². The number of para-hydroxylation sites is 1. The van der Waals surface area contributed by atoms with Gasteiger partial charge in [-0.1, -0.05) is 30.3 Å². The van der Waals surface area contributed by atoms with Crippen LogP contribution in [0, 0.1) is 0 Å². The van der Waals surface area contributed by atoms with E-state index in [1.807, 2.05) is 30.3 Å². The van der Waals surface area contributed by atoms with Gasteiger partial charge in [-0.15, -0.1) is 0 Å². The fourth-order valence-corrected chi connectivity index (χ4v) is 3.09. The number of carbonyl (C=O) groups excluding carboxylic acids is 1. The number of benzene rings is 2. The van der Waals surface area contributed by atoms with Crippen molar-refractivity contribution in [1.82, 2.24) is 10.3 Å². The summed E-state index contributed by atoms with van der Waals surface area (Å²) in [6, 6.07) is 19.2. The predicted molar refractivity (Wildman–Crippen MR) is 108 cm³/mol. The lowest BCUT2D eigenvalue weighted by molar-refractivity contribution is 0.0954. The molecule has 0 aliphatic carbocycles. The SMILES string of the molecule is NS(=O)(=O)c1ccc(CCNC(=O)c2ccnc(Nc3ccccc3)c2)cc1. The molecule has 0 spiro atoms. The topological polar surface area (TPSA) is 114 Å². The summed E-state index contributed by atoms with van der Waals surface area (Å²) in [5.41, 5.74) is 2.28. The van der Waals surface area contributed by atoms with Gasteiger partial charge in [0, 0.05) is 24.0 Å². The van der Waals surface area contributed by atoms with E-state index in [0.717, 1.165) is 11.3 Å². The van der Waals surface area contributed by atoms with Gasteiger partial charge in [0.05, 0.1) is 4.90 Å². The van der Waals surface area contributed by atoms with E-state index in [1.54, 1.807) is 30.5 Å². The Morgan fingerprint density at radius 2 is 1.71 bits per heavy atom. The second kappa shape index (κ2) is 8.64. The van der Waals surface area contributed by atoms with Crippen LogP contribution in [-0.2, 0) is 16.4 Å². The molecule has 1 aromatic heterocycles. The highest BCUT2D eigenvalue weighted by Crippen LogP contribution is 2.15. The smallest absolute Gasteiger partial charge is 0.251 e. The summed E-state index contributed by atoms with van der Waals surface area (Å²) in [6.45, 7) is 0.414. The molecule has 0 saturated carbocycles. The molecule has 0 unspecified atom stereocenters. The average molecular weight is 396 g/mol. The number of amides is 1. The molecule has 0 fully saturated rings. The average Bonchev–Trinajstić information content (AvgIpc) is 2.68. The van der Waals surface area contributed by atoms with Crippen LogP contribution >= 0.6 is 0 Å². The van der Waals surface area contributed by atoms with E-state index >= 15 is 0 Å². The minimum atomic E-state index is -3.70. The van der Waals surface area contributed by atoms with Crippen molar-refractivity contribution >= 4 is 27.4 Å². The molecule has 7 nitrogen and oxygen atoms in total. The predicted octanol–water partition coefficient (Wildman–Crippen LogP) is 2.45. The molecule has 4 N–H and O–H groups in total. The lowest BCUT2D eigenvalue weighted by Gasteiger charge is -2.09. The van der Waals surface area contributed by atoms with Crippen LogP contribution in [0.3, 0.4) is 0 Å². The Morgan fingerprint density at radius 1 is 1.00 bits per heavy atom. The third kappa shape index (κ3) is 5.38. The van der Waals surface area contributed by atoms with E-state index in [9.17, 15) is 13.2 Å². The van der Waals surface area contributed by atoms with E-state index < -0.39 is 10.0 Å². The molecule has 2 aromatic carbocycles. The molecule has 0 aliphatic rings. The Kier molecular flexibility index (Phi) is 6.03. The molecule has 0 saturated heterocycles. The molecule has 0 bridgehead atoms. The van der Waals surface area contributed by atoms with Crippen molar-refractivity contribution in [3.05, 3.63) is 84.1 Å². The first-order valence-electron chi connectivity index (χ1n) is 8.60. The van der Waals surface area contributed by atoms with Crippen LogP contribution in [0.15, 0.2) is 77.8 Å². The highest BCUT2D eigenvalue weighted by atomic mass is 32.2. The number of rotatable bonds is 7. The van der Waals surface area contributed by atoms with Gasteiger partial charge in [-0.2, -0.15) is 0 Å². The zero-order chi connectivity index (χ0) is 20.0. The third-order valence-electron chi connectivity index (χ3n) is 4.02. The van der Waals surface area contributed by atoms with Crippen molar-refractivity contribution in [1.29, 1.82) is 0 Å². The first-order chi connectivity index (χ1) is 13.4. The quantitative estimate of drug-likeness (QED) is 0.568. The van der Waals surface area contributed by atoms with Crippen LogP contribution in [0.4, 0.5) is 11.5 Å². The lowest BCUT2D eigenvalue weighted by atomic mass is 10.1. The largest absolute Gasteiger partial charge is 0.352 e. The summed E-state index contributed by atoms with van der Waals surface area (Å²) >= 11 is 0. The molecule has 144 valence electrons. The van der Waals surface area contributed by atoms with Crippen LogP contribution in [-0.4, -0.2) is 25.9 Å². The first kappa shape index (κ1) is 19.5. The summed E-state index contributed by atoms with van der Waals surface area (Å²) in [6.07, 6.45) is 2.14. The molecule has 3 rings (SSSR count). The van der Waals surface area contributed by atoms with Crippen molar-refractivity contribution < 1.29 is 13.2 Å². The van der Waals surface area contributed by atoms with E-state index in [2.05, 4.69) is 15.6 Å². The fourth-order valence-electron chi connectivity index (χ4n) is 2.58. The Labute approximate surface area is 163 Å². The molecular weight excluding hydrogens is 376 g/mol. The molecular formula is C20H20N4O3S. The number of anilines is 2. The number of nitrogens with one attached hydrogen (secondary N) is 2. The standard InChI is InChI=1S/C20H20N4O3S/c21-28(26,27)18-8-6-15(7-9-18)10-12-23-20(25)16-11-13-22-19(14-16)24-17-4-2-1-3-5-17/h1-9,11,13-14H,10,12H2,(H,22,24)(H,23,25)(H2,21,26,27). The van der Waals surface area contributed by atoms with Crippen molar-refractivity contribution in [2.45, 2.75) is 11.3 Å². The summed E-state index contributed by atoms with van der Waals surface area (Å²) in [4.78, 5) is 16.7. The van der Waals surface area contributed by atoms with Crippen LogP contribution in [0.2, 0.25) is 0 Å². The first-order valence-corrected chi connectivity index (χ1v) is 10.1. The van der Waals surface area contributed by atoms with E-state index in [-0.39, 0.29) is 10.8 Å². The zero-order valence-electron chi connectivity index (χ0n) is 15.0. The maximum absolute atomic E-state index is 12.4. The van der Waals surface area contributed by atoms with Gasteiger partial charge in [-0.25, -0.2) is 18.5 Å². The Hall–Kier alpha value is -3.23. The number of hydrogen-bond acceptors (Lipinski definition) is 5. The van der Waals surface area contributed by atoms with E-state index in [1.165, 1.54) is 12.1 Å². The minimum Gasteiger partial charge on any atom is -0.352 e. The molecule has 3 aromatic rings. The van der Waals surface area contributed by atoms with Crippen molar-refractivity contribution in [2.24, 2.45) is 5.14 Å². The Morgan fingerprint density at radius 3 is 2.39 bits per heavy atom. The zero-order valence-corrected chi connectivity index (χ0v) is 15.8. The highest BCUT2D eigenvalue weighted by Gasteiger charge is 2.08. The molecule has 0 radical (unpaired) electrons. The highest BCUT2D eigenvalue weighted by molar-refractivity contribution is 7.89. The minimum absolute atomic E-state index is 0.0653. The lowest BCUT2D eigenvalue weighted by Crippen LogP contribution is -2.25. The summed E-state index contributed by atoms with van der Waals surface area (Å²) < 4.78 is 22.5. The van der Waals surface area contributed by atoms with Gasteiger partial charge in [0.2, 0.25) is 10.0 Å². The van der Waals surface area contributed by atoms with Gasteiger partial charge < -0.3 is 10.6 Å². The van der Waals surface area contributed by atoms with Crippen LogP contribution < -0.4 is 15.8 Å². The van der Waals surface area contributed by atoms with Gasteiger partial charge in [0.15, 0.2) is 0 Å². The molecule has 1 heterocycles. The monoisotopic (exact) mass is 396 g/mol. The van der Waals surface area contributed by atoms with E-state index in [4.69, 9.17) is 5.14 Å². The number of primary sulfonamides is 1. The van der Waals surface area contributed by atoms with Gasteiger partial charge in [0.1, 0.15) is 5.82 Å². The van der Waals surface area contributed by atoms with Crippen molar-refractivity contribution in [2.75, 3.05) is 11.9 Å². The Balaban J connectivity index is 1.55. The van der Waals surface area contributed by atoms with Crippen LogP contribution in [0.5, 0.6) is 0 Å². The summed E-state index contributed by atoms with van der Waals surface area (Å²) in [5, 5.41) is 11.1. The van der Waals surface area contributed by atoms with Crippen molar-refractivity contribution in [3.8, 4) is 0 Å². The molecule has 1 amide bonds. The summed E-state index contributed by atoms with van der Waals surface area (Å²) in [5.74, 6) is 0.372. The van der Waals surface area contributed by atoms with Gasteiger partial charge in [-0.05, 0) is 48.4 Å². The third-order valence-corrected chi connectivity index (χ3v) is 4.95. The van der Waals surface area contributed by atoms with Gasteiger partial charge in [0.25, 0.3) is 5.91 Å². The number of carbonyl (C=O) groups is 1. The fraction of sp³-hybridized carbons (Fsp3) is 0.100. The van der Waals surface area contributed by atoms with Crippen LogP contribution in [0.25, 0.3) is 0 Å². The number of nitrogens with zero attached hydrogens (tertiary/aromatic N) is 1. The van der Waals surface area contributed by atoms with Gasteiger partial charge in [-0.3, -0.25) is 4.79 Å². The number of hydrogen-bond donors (Lipinski definition) is 3. The van der Waals surface area contributed by atoms with Gasteiger partial charge >= 0.3 is 0 Å². The molecule has 8 heteroatoms. The van der Waals surface area contributed by atoms with Crippen LogP contribution in [0.1, 0.15) is 15.9 Å². The number of pyridine rings is 1. The second-order valence-corrected chi connectivity index (χ2v) is 7.68. The molecule has 0 atom stereocenters. The normalized spacial score (nSPS) is 11.0. The summed E-state index contributed by atoms with van der Waals surface area (Å²) in [7, 11) is -3.70. The molecule has 28 heavy (non-hydrogen) atoms. The number of aromatic nitrogens is 1.